The Kier molecular flexibility index (Phi) is 11.9. The maximum absolute atomic E-state index is 6.34. The lowest BCUT2D eigenvalue weighted by molar-refractivity contribution is 0.145. The standard InChI is InChI=1S/C19H28Cl2N6O.HI/c1-5-28-10-6-9-22-19(23-12-18-26-25-14(3)27(18)4)24-13(2)16-8-7-15(20)11-17(16)21;/h7-8,11,13H,5-6,9-10,12H2,1-4H3,(H2,22,23,24);1H. The lowest BCUT2D eigenvalue weighted by Gasteiger charge is -2.20. The Morgan fingerprint density at radius 1 is 1.31 bits per heavy atom. The van der Waals surface area contributed by atoms with Gasteiger partial charge >= 0.3 is 0 Å². The third kappa shape index (κ3) is 8.27. The Hall–Kier alpha value is -1.10. The van der Waals surface area contributed by atoms with Crippen LogP contribution in [-0.4, -0.2) is 40.5 Å². The van der Waals surface area contributed by atoms with Gasteiger partial charge in [-0.3, -0.25) is 0 Å². The van der Waals surface area contributed by atoms with Crippen molar-refractivity contribution in [2.75, 3.05) is 19.8 Å². The number of benzene rings is 1. The first-order chi connectivity index (χ1) is 13.4. The van der Waals surface area contributed by atoms with Crippen molar-refractivity contribution in [3.63, 3.8) is 0 Å². The van der Waals surface area contributed by atoms with Crippen LogP contribution in [0.5, 0.6) is 0 Å². The van der Waals surface area contributed by atoms with E-state index in [9.17, 15) is 0 Å². The number of aromatic nitrogens is 3. The molecule has 10 heteroatoms. The zero-order valence-electron chi connectivity index (χ0n) is 17.2. The van der Waals surface area contributed by atoms with Crippen molar-refractivity contribution in [2.24, 2.45) is 12.0 Å². The van der Waals surface area contributed by atoms with Gasteiger partial charge in [-0.05, 0) is 44.9 Å². The van der Waals surface area contributed by atoms with E-state index < -0.39 is 0 Å². The van der Waals surface area contributed by atoms with Gasteiger partial charge in [0.15, 0.2) is 11.8 Å². The van der Waals surface area contributed by atoms with Gasteiger partial charge in [0.05, 0.1) is 6.04 Å². The summed E-state index contributed by atoms with van der Waals surface area (Å²) < 4.78 is 7.31. The number of guanidine groups is 1. The Balaban J connectivity index is 0.00000420. The van der Waals surface area contributed by atoms with Crippen LogP contribution in [0.4, 0.5) is 0 Å². The SMILES string of the molecule is CCOCCCNC(=NCc1nnc(C)n1C)NC(C)c1ccc(Cl)cc1Cl.I. The molecule has 0 fully saturated rings. The lowest BCUT2D eigenvalue weighted by atomic mass is 10.1. The van der Waals surface area contributed by atoms with Crippen molar-refractivity contribution in [3.8, 4) is 0 Å². The van der Waals surface area contributed by atoms with Gasteiger partial charge in [0.1, 0.15) is 12.4 Å². The minimum Gasteiger partial charge on any atom is -0.382 e. The first-order valence-electron chi connectivity index (χ1n) is 9.34. The minimum absolute atomic E-state index is 0. The van der Waals surface area contributed by atoms with Crippen LogP contribution >= 0.6 is 47.2 Å². The fourth-order valence-electron chi connectivity index (χ4n) is 2.55. The number of hydrogen-bond acceptors (Lipinski definition) is 4. The van der Waals surface area contributed by atoms with Crippen molar-refractivity contribution in [1.29, 1.82) is 0 Å². The van der Waals surface area contributed by atoms with E-state index >= 15 is 0 Å². The van der Waals surface area contributed by atoms with Gasteiger partial charge in [-0.2, -0.15) is 0 Å². The second-order valence-electron chi connectivity index (χ2n) is 6.40. The molecule has 2 rings (SSSR count). The monoisotopic (exact) mass is 554 g/mol. The van der Waals surface area contributed by atoms with Crippen LogP contribution in [-0.2, 0) is 18.3 Å². The second-order valence-corrected chi connectivity index (χ2v) is 7.24. The van der Waals surface area contributed by atoms with Gasteiger partial charge in [-0.25, -0.2) is 4.99 Å². The Morgan fingerprint density at radius 3 is 2.69 bits per heavy atom. The maximum Gasteiger partial charge on any atom is 0.192 e. The van der Waals surface area contributed by atoms with E-state index in [1.165, 1.54) is 0 Å². The third-order valence-corrected chi connectivity index (χ3v) is 4.87. The molecular weight excluding hydrogens is 526 g/mol. The molecule has 0 spiro atoms. The third-order valence-electron chi connectivity index (χ3n) is 4.31. The first-order valence-corrected chi connectivity index (χ1v) is 10.1. The summed E-state index contributed by atoms with van der Waals surface area (Å²) in [6, 6.07) is 5.44. The van der Waals surface area contributed by atoms with E-state index in [0.29, 0.717) is 29.2 Å². The topological polar surface area (TPSA) is 76.4 Å². The fourth-order valence-corrected chi connectivity index (χ4v) is 3.12. The molecule has 2 aromatic rings. The lowest BCUT2D eigenvalue weighted by Crippen LogP contribution is -2.39. The molecule has 0 bridgehead atoms. The van der Waals surface area contributed by atoms with Crippen LogP contribution in [0.3, 0.4) is 0 Å². The largest absolute Gasteiger partial charge is 0.382 e. The average Bonchev–Trinajstić information content (AvgIpc) is 2.97. The van der Waals surface area contributed by atoms with Crippen LogP contribution in [0.2, 0.25) is 10.0 Å². The van der Waals surface area contributed by atoms with Gasteiger partial charge in [-0.15, -0.1) is 34.2 Å². The molecule has 1 aromatic heterocycles. The summed E-state index contributed by atoms with van der Waals surface area (Å²) in [5.74, 6) is 2.33. The van der Waals surface area contributed by atoms with Gasteiger partial charge in [0.25, 0.3) is 0 Å². The highest BCUT2D eigenvalue weighted by atomic mass is 127. The van der Waals surface area contributed by atoms with Gasteiger partial charge in [0, 0.05) is 36.9 Å². The molecule has 0 aliphatic carbocycles. The Morgan fingerprint density at radius 2 is 2.07 bits per heavy atom. The van der Waals surface area contributed by atoms with Crippen LogP contribution in [0.25, 0.3) is 0 Å². The van der Waals surface area contributed by atoms with Gasteiger partial charge < -0.3 is 19.9 Å². The molecule has 1 unspecified atom stereocenters. The molecule has 1 atom stereocenters. The quantitative estimate of drug-likeness (QED) is 0.209. The number of ether oxygens (including phenoxy) is 1. The summed E-state index contributed by atoms with van der Waals surface area (Å²) in [5, 5.41) is 16.2. The van der Waals surface area contributed by atoms with Crippen LogP contribution in [0, 0.1) is 6.92 Å². The number of nitrogens with one attached hydrogen (secondary N) is 2. The summed E-state index contributed by atoms with van der Waals surface area (Å²) in [6.07, 6.45) is 0.883. The molecule has 0 radical (unpaired) electrons. The second kappa shape index (κ2) is 13.3. The van der Waals surface area contributed by atoms with E-state index in [0.717, 1.165) is 36.8 Å². The molecule has 1 aromatic carbocycles. The van der Waals surface area contributed by atoms with E-state index in [1.54, 1.807) is 6.07 Å². The molecular formula is C19H29Cl2IN6O. The molecule has 1 heterocycles. The normalized spacial score (nSPS) is 12.4. The zero-order valence-corrected chi connectivity index (χ0v) is 21.0. The smallest absolute Gasteiger partial charge is 0.192 e. The highest BCUT2D eigenvalue weighted by Gasteiger charge is 2.13. The Labute approximate surface area is 199 Å². The number of hydrogen-bond donors (Lipinski definition) is 2. The Bertz CT molecular complexity index is 799. The number of halogens is 3. The highest BCUT2D eigenvalue weighted by Crippen LogP contribution is 2.26. The molecule has 0 aliphatic heterocycles. The molecule has 162 valence electrons. The molecule has 0 saturated carbocycles. The zero-order chi connectivity index (χ0) is 20.5. The summed E-state index contributed by atoms with van der Waals surface area (Å²) in [5.41, 5.74) is 0.949. The highest BCUT2D eigenvalue weighted by molar-refractivity contribution is 14.0. The van der Waals surface area contributed by atoms with Crippen molar-refractivity contribution in [1.82, 2.24) is 25.4 Å². The van der Waals surface area contributed by atoms with Gasteiger partial charge in [0.2, 0.25) is 0 Å². The molecule has 7 nitrogen and oxygen atoms in total. The van der Waals surface area contributed by atoms with E-state index in [2.05, 4.69) is 25.8 Å². The van der Waals surface area contributed by atoms with Crippen molar-refractivity contribution in [3.05, 3.63) is 45.5 Å². The summed E-state index contributed by atoms with van der Waals surface area (Å²) in [4.78, 5) is 4.66. The van der Waals surface area contributed by atoms with Crippen LogP contribution in [0.15, 0.2) is 23.2 Å². The molecule has 29 heavy (non-hydrogen) atoms. The molecule has 0 saturated heterocycles. The van der Waals surface area contributed by atoms with Crippen LogP contribution < -0.4 is 10.6 Å². The number of rotatable bonds is 9. The van der Waals surface area contributed by atoms with E-state index in [4.69, 9.17) is 27.9 Å². The van der Waals surface area contributed by atoms with Crippen molar-refractivity contribution < 1.29 is 4.74 Å². The number of aliphatic imine (C=N–C) groups is 1. The molecule has 0 aliphatic rings. The number of aryl methyl sites for hydroxylation is 1. The summed E-state index contributed by atoms with van der Waals surface area (Å²) in [7, 11) is 1.93. The summed E-state index contributed by atoms with van der Waals surface area (Å²) >= 11 is 12.3. The average molecular weight is 555 g/mol. The minimum atomic E-state index is -0.0517. The maximum atomic E-state index is 6.34. The van der Waals surface area contributed by atoms with Crippen molar-refractivity contribution in [2.45, 2.75) is 39.8 Å². The fraction of sp³-hybridized carbons (Fsp3) is 0.526. The van der Waals surface area contributed by atoms with Crippen molar-refractivity contribution >= 4 is 53.1 Å². The predicted octanol–water partition coefficient (Wildman–Crippen LogP) is 4.27. The first kappa shape index (κ1) is 25.9. The van der Waals surface area contributed by atoms with E-state index in [1.807, 2.05) is 44.5 Å². The number of nitrogens with zero attached hydrogens (tertiary/aromatic N) is 4. The van der Waals surface area contributed by atoms with Crippen LogP contribution in [0.1, 0.15) is 43.5 Å². The van der Waals surface area contributed by atoms with Gasteiger partial charge in [-0.1, -0.05) is 29.3 Å². The van der Waals surface area contributed by atoms with E-state index in [-0.39, 0.29) is 30.0 Å². The molecule has 2 N–H and O–H groups in total. The summed E-state index contributed by atoms with van der Waals surface area (Å²) in [6.45, 7) is 8.51. The molecule has 0 amide bonds. The predicted molar refractivity (Wildman–Crippen MR) is 129 cm³/mol.